The van der Waals surface area contributed by atoms with Crippen LogP contribution in [0.1, 0.15) is 68.1 Å². The monoisotopic (exact) mass is 266 g/mol. The van der Waals surface area contributed by atoms with Crippen molar-refractivity contribution in [3.63, 3.8) is 0 Å². The van der Waals surface area contributed by atoms with Gasteiger partial charge in [0.05, 0.1) is 10.7 Å². The van der Waals surface area contributed by atoms with E-state index < -0.39 is 0 Å². The molecule has 2 rings (SSSR count). The third-order valence-corrected chi connectivity index (χ3v) is 5.41. The van der Waals surface area contributed by atoms with Crippen molar-refractivity contribution in [2.45, 2.75) is 72.4 Å². The molecule has 0 aliphatic heterocycles. The highest BCUT2D eigenvalue weighted by Gasteiger charge is 2.27. The van der Waals surface area contributed by atoms with Gasteiger partial charge in [-0.1, -0.05) is 13.8 Å². The molecule has 0 radical (unpaired) electrons. The van der Waals surface area contributed by atoms with Crippen LogP contribution in [0.4, 0.5) is 0 Å². The van der Waals surface area contributed by atoms with Gasteiger partial charge >= 0.3 is 0 Å². The minimum absolute atomic E-state index is 0.447. The number of hydrogen-bond acceptors (Lipinski definition) is 3. The molecule has 1 aromatic rings. The maximum absolute atomic E-state index is 4.53. The standard InChI is InChI=1S/C15H26N2S/c1-10-14(18-12(3)16-10)11(2)17-13-6-8-15(4,5)9-7-13/h11,13,17H,6-9H2,1-5H3. The van der Waals surface area contributed by atoms with E-state index in [1.54, 1.807) is 0 Å². The summed E-state index contributed by atoms with van der Waals surface area (Å²) in [5, 5.41) is 4.98. The Morgan fingerprint density at radius 1 is 1.28 bits per heavy atom. The first kappa shape index (κ1) is 14.0. The van der Waals surface area contributed by atoms with Gasteiger partial charge in [-0.15, -0.1) is 11.3 Å². The lowest BCUT2D eigenvalue weighted by Gasteiger charge is -2.36. The Morgan fingerprint density at radius 2 is 1.89 bits per heavy atom. The van der Waals surface area contributed by atoms with Gasteiger partial charge in [-0.05, 0) is 51.9 Å². The molecule has 1 saturated carbocycles. The summed E-state index contributed by atoms with van der Waals surface area (Å²) in [6.45, 7) is 11.3. The Hall–Kier alpha value is -0.410. The van der Waals surface area contributed by atoms with Crippen LogP contribution in [-0.4, -0.2) is 11.0 Å². The summed E-state index contributed by atoms with van der Waals surface area (Å²) < 4.78 is 0. The van der Waals surface area contributed by atoms with Gasteiger partial charge in [-0.3, -0.25) is 0 Å². The Labute approximate surface area is 115 Å². The molecule has 1 atom stereocenters. The number of hydrogen-bond donors (Lipinski definition) is 1. The normalized spacial score (nSPS) is 22.1. The van der Waals surface area contributed by atoms with E-state index in [4.69, 9.17) is 0 Å². The lowest BCUT2D eigenvalue weighted by Crippen LogP contribution is -2.36. The zero-order valence-corrected chi connectivity index (χ0v) is 13.2. The molecule has 3 heteroatoms. The van der Waals surface area contributed by atoms with E-state index in [1.165, 1.54) is 41.3 Å². The molecule has 0 bridgehead atoms. The highest BCUT2D eigenvalue weighted by molar-refractivity contribution is 7.11. The van der Waals surface area contributed by atoms with Gasteiger partial charge in [0.25, 0.3) is 0 Å². The molecule has 1 aliphatic carbocycles. The molecule has 0 aromatic carbocycles. The van der Waals surface area contributed by atoms with Gasteiger partial charge in [0, 0.05) is 17.0 Å². The molecule has 1 unspecified atom stereocenters. The van der Waals surface area contributed by atoms with E-state index in [0.29, 0.717) is 17.5 Å². The molecule has 1 heterocycles. The maximum Gasteiger partial charge on any atom is 0.0900 e. The van der Waals surface area contributed by atoms with Crippen molar-refractivity contribution in [2.75, 3.05) is 0 Å². The zero-order valence-electron chi connectivity index (χ0n) is 12.3. The summed E-state index contributed by atoms with van der Waals surface area (Å²) in [4.78, 5) is 5.94. The van der Waals surface area contributed by atoms with E-state index in [-0.39, 0.29) is 0 Å². The summed E-state index contributed by atoms with van der Waals surface area (Å²) >= 11 is 1.84. The first-order chi connectivity index (χ1) is 8.37. The predicted molar refractivity (Wildman–Crippen MR) is 79.2 cm³/mol. The molecule has 1 aliphatic rings. The molecule has 2 nitrogen and oxygen atoms in total. The van der Waals surface area contributed by atoms with Crippen molar-refractivity contribution in [3.05, 3.63) is 15.6 Å². The van der Waals surface area contributed by atoms with E-state index in [1.807, 2.05) is 11.3 Å². The van der Waals surface area contributed by atoms with Crippen LogP contribution in [0.5, 0.6) is 0 Å². The molecule has 0 spiro atoms. The largest absolute Gasteiger partial charge is 0.307 e. The Balaban J connectivity index is 1.92. The zero-order chi connectivity index (χ0) is 13.3. The van der Waals surface area contributed by atoms with Gasteiger partial charge < -0.3 is 5.32 Å². The third kappa shape index (κ3) is 3.33. The highest BCUT2D eigenvalue weighted by Crippen LogP contribution is 2.36. The van der Waals surface area contributed by atoms with E-state index >= 15 is 0 Å². The van der Waals surface area contributed by atoms with E-state index in [9.17, 15) is 0 Å². The SMILES string of the molecule is Cc1nc(C)c(C(C)NC2CCC(C)(C)CC2)s1. The molecule has 1 N–H and O–H groups in total. The Morgan fingerprint density at radius 3 is 2.39 bits per heavy atom. The van der Waals surface area contributed by atoms with E-state index in [0.717, 1.165) is 0 Å². The Kier molecular flexibility index (Phi) is 4.12. The quantitative estimate of drug-likeness (QED) is 0.878. The second-order valence-electron chi connectivity index (χ2n) is 6.51. The third-order valence-electron chi connectivity index (χ3n) is 4.16. The fourth-order valence-electron chi connectivity index (χ4n) is 2.94. The number of nitrogens with one attached hydrogen (secondary N) is 1. The highest BCUT2D eigenvalue weighted by atomic mass is 32.1. The van der Waals surface area contributed by atoms with Crippen molar-refractivity contribution in [1.82, 2.24) is 10.3 Å². The van der Waals surface area contributed by atoms with Crippen LogP contribution in [0.15, 0.2) is 0 Å². The fraction of sp³-hybridized carbons (Fsp3) is 0.800. The van der Waals surface area contributed by atoms with Crippen molar-refractivity contribution >= 4 is 11.3 Å². The smallest absolute Gasteiger partial charge is 0.0900 e. The van der Waals surface area contributed by atoms with Gasteiger partial charge in [-0.25, -0.2) is 4.98 Å². The van der Waals surface area contributed by atoms with Crippen LogP contribution in [-0.2, 0) is 0 Å². The van der Waals surface area contributed by atoms with Crippen LogP contribution in [0.3, 0.4) is 0 Å². The predicted octanol–water partition coefficient (Wildman–Crippen LogP) is 4.38. The lowest BCUT2D eigenvalue weighted by molar-refractivity contribution is 0.200. The molecule has 102 valence electrons. The average molecular weight is 266 g/mol. The molecule has 0 saturated heterocycles. The molecular weight excluding hydrogens is 240 g/mol. The second kappa shape index (κ2) is 5.30. The number of aryl methyl sites for hydroxylation is 2. The Bertz CT molecular complexity index is 399. The maximum atomic E-state index is 4.53. The molecule has 18 heavy (non-hydrogen) atoms. The van der Waals surface area contributed by atoms with Crippen LogP contribution < -0.4 is 5.32 Å². The fourth-order valence-corrected chi connectivity index (χ4v) is 3.88. The second-order valence-corrected chi connectivity index (χ2v) is 7.74. The van der Waals surface area contributed by atoms with Crippen molar-refractivity contribution in [3.8, 4) is 0 Å². The average Bonchev–Trinajstić information content (AvgIpc) is 2.61. The van der Waals surface area contributed by atoms with Crippen LogP contribution in [0, 0.1) is 19.3 Å². The van der Waals surface area contributed by atoms with Crippen molar-refractivity contribution in [2.24, 2.45) is 5.41 Å². The van der Waals surface area contributed by atoms with Crippen LogP contribution >= 0.6 is 11.3 Å². The summed E-state index contributed by atoms with van der Waals surface area (Å²) in [5.41, 5.74) is 1.76. The van der Waals surface area contributed by atoms with Crippen LogP contribution in [0.2, 0.25) is 0 Å². The molecule has 1 fully saturated rings. The summed E-state index contributed by atoms with van der Waals surface area (Å²) in [5.74, 6) is 0. The number of nitrogens with zero attached hydrogens (tertiary/aromatic N) is 1. The first-order valence-corrected chi connectivity index (χ1v) is 7.89. The van der Waals surface area contributed by atoms with Crippen molar-refractivity contribution < 1.29 is 0 Å². The minimum atomic E-state index is 0.447. The lowest BCUT2D eigenvalue weighted by atomic mass is 9.75. The van der Waals surface area contributed by atoms with Gasteiger partial charge in [0.15, 0.2) is 0 Å². The number of rotatable bonds is 3. The van der Waals surface area contributed by atoms with Crippen molar-refractivity contribution in [1.29, 1.82) is 0 Å². The minimum Gasteiger partial charge on any atom is -0.307 e. The summed E-state index contributed by atoms with van der Waals surface area (Å²) in [6.07, 6.45) is 5.32. The number of thiazole rings is 1. The van der Waals surface area contributed by atoms with Crippen LogP contribution in [0.25, 0.3) is 0 Å². The summed E-state index contributed by atoms with van der Waals surface area (Å²) in [7, 11) is 0. The molecule has 0 amide bonds. The topological polar surface area (TPSA) is 24.9 Å². The summed E-state index contributed by atoms with van der Waals surface area (Å²) in [6, 6.07) is 1.14. The molecular formula is C15H26N2S. The first-order valence-electron chi connectivity index (χ1n) is 7.07. The van der Waals surface area contributed by atoms with Gasteiger partial charge in [0.2, 0.25) is 0 Å². The van der Waals surface area contributed by atoms with Gasteiger partial charge in [-0.2, -0.15) is 0 Å². The number of aromatic nitrogens is 1. The van der Waals surface area contributed by atoms with Gasteiger partial charge in [0.1, 0.15) is 0 Å². The molecule has 1 aromatic heterocycles. The van der Waals surface area contributed by atoms with E-state index in [2.05, 4.69) is 44.9 Å².